The van der Waals surface area contributed by atoms with Crippen LogP contribution in [0.1, 0.15) is 23.1 Å². The lowest BCUT2D eigenvalue weighted by Crippen LogP contribution is -2.31. The lowest BCUT2D eigenvalue weighted by Gasteiger charge is -2.15. The van der Waals surface area contributed by atoms with Crippen LogP contribution in [0.15, 0.2) is 54.7 Å². The Morgan fingerprint density at radius 2 is 1.82 bits per heavy atom. The number of ether oxygens (including phenoxy) is 1. The van der Waals surface area contributed by atoms with Gasteiger partial charge in [0.2, 0.25) is 5.95 Å². The largest absolute Gasteiger partial charge is 0.487 e. The van der Waals surface area contributed by atoms with Crippen LogP contribution in [0.25, 0.3) is 16.8 Å². The predicted molar refractivity (Wildman–Crippen MR) is 132 cm³/mol. The fourth-order valence-electron chi connectivity index (χ4n) is 4.47. The number of anilines is 2. The number of carbonyl (C=O) groups is 1. The number of alkyl halides is 4. The molecule has 8 nitrogen and oxygen atoms in total. The van der Waals surface area contributed by atoms with E-state index in [1.54, 1.807) is 18.3 Å². The summed E-state index contributed by atoms with van der Waals surface area (Å²) >= 11 is 0. The zero-order valence-corrected chi connectivity index (χ0v) is 20.0. The molecule has 38 heavy (non-hydrogen) atoms. The highest BCUT2D eigenvalue weighted by molar-refractivity contribution is 5.82. The second-order valence-electron chi connectivity index (χ2n) is 8.76. The molecule has 4 aromatic rings. The molecule has 0 saturated carbocycles. The molecule has 0 radical (unpaired) electrons. The maximum atomic E-state index is 13.4. The van der Waals surface area contributed by atoms with Gasteiger partial charge in [-0.1, -0.05) is 6.07 Å². The molecule has 0 aliphatic carbocycles. The van der Waals surface area contributed by atoms with Gasteiger partial charge in [-0.3, -0.25) is 0 Å². The molecule has 1 aliphatic rings. The summed E-state index contributed by atoms with van der Waals surface area (Å²) in [5.41, 5.74) is 3.40. The van der Waals surface area contributed by atoms with Gasteiger partial charge in [0.1, 0.15) is 12.4 Å². The van der Waals surface area contributed by atoms with Crippen molar-refractivity contribution < 1.29 is 32.2 Å². The Morgan fingerprint density at radius 1 is 1.03 bits per heavy atom. The van der Waals surface area contributed by atoms with E-state index in [0.29, 0.717) is 42.8 Å². The van der Waals surface area contributed by atoms with Gasteiger partial charge in [-0.15, -0.1) is 5.10 Å². The molecule has 0 unspecified atom stereocenters. The average molecular weight is 529 g/mol. The van der Waals surface area contributed by atoms with Crippen molar-refractivity contribution in [3.63, 3.8) is 0 Å². The summed E-state index contributed by atoms with van der Waals surface area (Å²) in [4.78, 5) is 17.3. The van der Waals surface area contributed by atoms with Gasteiger partial charge in [0.05, 0.1) is 0 Å². The van der Waals surface area contributed by atoms with Crippen molar-refractivity contribution in [3.8, 4) is 16.9 Å². The Bertz CT molecular complexity index is 1480. The van der Waals surface area contributed by atoms with E-state index < -0.39 is 25.6 Å². The van der Waals surface area contributed by atoms with E-state index >= 15 is 0 Å². The number of benzene rings is 2. The molecule has 12 heteroatoms. The highest BCUT2D eigenvalue weighted by Gasteiger charge is 2.20. The molecule has 1 aliphatic heterocycles. The van der Waals surface area contributed by atoms with Crippen LogP contribution in [0.4, 0.5) is 34.0 Å². The number of fused-ring (bicyclic) bond motifs is 2. The van der Waals surface area contributed by atoms with E-state index in [2.05, 4.69) is 15.4 Å². The highest BCUT2D eigenvalue weighted by atomic mass is 19.3. The maximum Gasteiger partial charge on any atom is 0.407 e. The van der Waals surface area contributed by atoms with Crippen LogP contribution in [-0.4, -0.2) is 56.8 Å². The molecule has 0 spiro atoms. The first-order chi connectivity index (χ1) is 18.3. The third-order valence-corrected chi connectivity index (χ3v) is 6.31. The van der Waals surface area contributed by atoms with Crippen molar-refractivity contribution in [3.05, 3.63) is 71.4 Å². The summed E-state index contributed by atoms with van der Waals surface area (Å²) in [6, 6.07) is 12.6. The molecule has 2 aromatic carbocycles. The summed E-state index contributed by atoms with van der Waals surface area (Å²) < 4.78 is 59.2. The minimum atomic E-state index is -2.76. The Balaban J connectivity index is 1.46. The topological polar surface area (TPSA) is 92.0 Å². The van der Waals surface area contributed by atoms with Crippen molar-refractivity contribution in [1.29, 1.82) is 0 Å². The van der Waals surface area contributed by atoms with Crippen molar-refractivity contribution in [2.24, 2.45) is 0 Å². The van der Waals surface area contributed by atoms with Crippen molar-refractivity contribution in [2.75, 3.05) is 25.0 Å². The zero-order chi connectivity index (χ0) is 26.8. The number of aromatic nitrogens is 3. The van der Waals surface area contributed by atoms with E-state index in [0.717, 1.165) is 17.2 Å². The summed E-state index contributed by atoms with van der Waals surface area (Å²) in [7, 11) is 0. The lowest BCUT2D eigenvalue weighted by atomic mass is 10.0. The summed E-state index contributed by atoms with van der Waals surface area (Å²) in [5, 5.41) is 16.9. The number of hydrogen-bond acceptors (Lipinski definition) is 5. The average Bonchev–Trinajstić information content (AvgIpc) is 3.17. The fourth-order valence-corrected chi connectivity index (χ4v) is 4.47. The SMILES string of the molecule is O=C(O)N1CCc2ccc(Nc3nc4c(-c5cc(C(F)F)ccc5OCC(F)F)cccn4n3)cc2CC1. The van der Waals surface area contributed by atoms with E-state index in [1.807, 2.05) is 18.2 Å². The molecule has 3 heterocycles. The lowest BCUT2D eigenvalue weighted by molar-refractivity contribution is 0.0821. The van der Waals surface area contributed by atoms with Crippen molar-refractivity contribution in [2.45, 2.75) is 25.7 Å². The van der Waals surface area contributed by atoms with Gasteiger partial charge in [0.15, 0.2) is 5.65 Å². The highest BCUT2D eigenvalue weighted by Crippen LogP contribution is 2.36. The standard InChI is InChI=1S/C26H23F4N5O3/c27-22(28)14-38-21-6-4-17(23(29)30)13-20(21)19-2-1-9-35-24(19)32-25(33-35)31-18-5-3-15-7-10-34(26(36)37)11-8-16(15)12-18/h1-6,9,12-13,22-23H,7-8,10-11,14H2,(H,31,33)(H,36,37). The number of rotatable bonds is 7. The first kappa shape index (κ1) is 25.3. The number of nitrogens with one attached hydrogen (secondary N) is 1. The molecule has 0 saturated heterocycles. The summed E-state index contributed by atoms with van der Waals surface area (Å²) in [6.07, 6.45) is -3.62. The Morgan fingerprint density at radius 3 is 2.55 bits per heavy atom. The summed E-state index contributed by atoms with van der Waals surface area (Å²) in [5.74, 6) is 0.264. The van der Waals surface area contributed by atoms with Gasteiger partial charge in [0.25, 0.3) is 12.9 Å². The number of amides is 1. The van der Waals surface area contributed by atoms with Crippen LogP contribution in [-0.2, 0) is 12.8 Å². The van der Waals surface area contributed by atoms with Crippen molar-refractivity contribution >= 4 is 23.4 Å². The normalized spacial score (nSPS) is 13.6. The van der Waals surface area contributed by atoms with E-state index in [9.17, 15) is 27.5 Å². The molecular weight excluding hydrogens is 506 g/mol. The molecule has 198 valence electrons. The smallest absolute Gasteiger partial charge is 0.407 e. The van der Waals surface area contributed by atoms with Crippen LogP contribution >= 0.6 is 0 Å². The van der Waals surface area contributed by atoms with Crippen molar-refractivity contribution in [1.82, 2.24) is 19.5 Å². The first-order valence-electron chi connectivity index (χ1n) is 11.8. The number of nitrogens with zero attached hydrogens (tertiary/aromatic N) is 4. The Labute approximate surface area is 214 Å². The molecule has 1 amide bonds. The predicted octanol–water partition coefficient (Wildman–Crippen LogP) is 5.80. The van der Waals surface area contributed by atoms with Gasteiger partial charge >= 0.3 is 6.09 Å². The summed E-state index contributed by atoms with van der Waals surface area (Å²) in [6.45, 7) is -0.0523. The second-order valence-corrected chi connectivity index (χ2v) is 8.76. The number of hydrogen-bond donors (Lipinski definition) is 2. The van der Waals surface area contributed by atoms with Gasteiger partial charge in [0, 0.05) is 41.7 Å². The molecule has 0 fully saturated rings. The minimum absolute atomic E-state index is 0.0291. The second kappa shape index (κ2) is 10.6. The molecule has 2 aromatic heterocycles. The molecule has 5 rings (SSSR count). The van der Waals surface area contributed by atoms with Gasteiger partial charge in [-0.05, 0) is 66.4 Å². The first-order valence-corrected chi connectivity index (χ1v) is 11.8. The van der Waals surface area contributed by atoms with Crippen LogP contribution in [0.3, 0.4) is 0 Å². The Kier molecular flexibility index (Phi) is 7.03. The number of halogens is 4. The molecule has 0 atom stereocenters. The third kappa shape index (κ3) is 5.34. The van der Waals surface area contributed by atoms with Gasteiger partial charge in [-0.2, -0.15) is 4.98 Å². The van der Waals surface area contributed by atoms with E-state index in [4.69, 9.17) is 4.74 Å². The molecule has 2 N–H and O–H groups in total. The maximum absolute atomic E-state index is 13.4. The quantitative estimate of drug-likeness (QED) is 0.294. The Hall–Kier alpha value is -4.35. The van der Waals surface area contributed by atoms with Crippen LogP contribution in [0, 0.1) is 0 Å². The number of pyridine rings is 1. The van der Waals surface area contributed by atoms with Crippen LogP contribution < -0.4 is 10.1 Å². The zero-order valence-electron chi connectivity index (χ0n) is 20.0. The van der Waals surface area contributed by atoms with E-state index in [1.165, 1.54) is 21.5 Å². The van der Waals surface area contributed by atoms with Crippen LogP contribution in [0.5, 0.6) is 5.75 Å². The third-order valence-electron chi connectivity index (χ3n) is 6.31. The number of carboxylic acid groups (broad SMARTS) is 1. The van der Waals surface area contributed by atoms with Crippen LogP contribution in [0.2, 0.25) is 0 Å². The van der Waals surface area contributed by atoms with Gasteiger partial charge < -0.3 is 20.1 Å². The molecular formula is C26H23F4N5O3. The monoisotopic (exact) mass is 529 g/mol. The van der Waals surface area contributed by atoms with Gasteiger partial charge in [-0.25, -0.2) is 26.9 Å². The van der Waals surface area contributed by atoms with E-state index in [-0.39, 0.29) is 22.8 Å². The molecule has 0 bridgehead atoms. The minimum Gasteiger partial charge on any atom is -0.487 e. The fraction of sp³-hybridized carbons (Fsp3) is 0.269.